The van der Waals surface area contributed by atoms with Gasteiger partial charge < -0.3 is 10.2 Å². The molecule has 2 nitrogen and oxygen atoms in total. The Balaban J connectivity index is 2.01. The van der Waals surface area contributed by atoms with Crippen molar-refractivity contribution in [1.82, 2.24) is 0 Å². The largest absolute Gasteiger partial charge is 0.508 e. The zero-order chi connectivity index (χ0) is 41.2. The summed E-state index contributed by atoms with van der Waals surface area (Å²) in [6, 6.07) is 1.76. The molecule has 0 aliphatic heterocycles. The summed E-state index contributed by atoms with van der Waals surface area (Å²) in [7, 11) is 0. The summed E-state index contributed by atoms with van der Waals surface area (Å²) in [4.78, 5) is 0. The molecule has 0 saturated heterocycles. The van der Waals surface area contributed by atoms with Gasteiger partial charge in [-0.1, -0.05) is 202 Å². The molecule has 2 heteroatoms. The number of benzene rings is 1. The van der Waals surface area contributed by atoms with Crippen LogP contribution in [0.5, 0.6) is 11.5 Å². The van der Waals surface area contributed by atoms with Crippen molar-refractivity contribution in [3.8, 4) is 11.5 Å². The third-order valence-electron chi connectivity index (χ3n) is 13.8. The summed E-state index contributed by atoms with van der Waals surface area (Å²) in [5.74, 6) is 7.48. The van der Waals surface area contributed by atoms with Crippen LogP contribution in [0.2, 0.25) is 0 Å². The standard InChI is InChI=1S/C53H98O2/c1-40(2)21-13-22-41(3)23-14-24-42(4)25-15-26-43(5)27-16-28-44(6)29-17-30-45(7)31-18-32-46(8)33-19-34-47(9)35-20-36-48(10)37-38-51-39-52(54)49(11)50(12)53(51)55/h21,39,41-48,54-55H,13-20,22-38H2,1-12H3/t41-,42?,43+,44?,45?,46?,47?,48?/m0/s1. The minimum atomic E-state index is 0.306. The van der Waals surface area contributed by atoms with Gasteiger partial charge in [0.25, 0.3) is 0 Å². The fraction of sp³-hybridized carbons (Fsp3) is 0.849. The Hall–Kier alpha value is -1.44. The molecule has 55 heavy (non-hydrogen) atoms. The molecule has 0 aromatic heterocycles. The van der Waals surface area contributed by atoms with Crippen molar-refractivity contribution >= 4 is 0 Å². The lowest BCUT2D eigenvalue weighted by molar-refractivity contribution is 0.353. The van der Waals surface area contributed by atoms with Gasteiger partial charge >= 0.3 is 0 Å². The van der Waals surface area contributed by atoms with Crippen LogP contribution in [-0.2, 0) is 6.42 Å². The Labute approximate surface area is 345 Å². The zero-order valence-corrected chi connectivity index (χ0v) is 39.3. The van der Waals surface area contributed by atoms with Crippen molar-refractivity contribution < 1.29 is 10.2 Å². The fourth-order valence-corrected chi connectivity index (χ4v) is 9.06. The summed E-state index contributed by atoms with van der Waals surface area (Å²) in [6.07, 6.45) is 36.4. The SMILES string of the molecule is CC(C)=CCC[C@H](C)CCCC(C)CCC[C@@H](C)CCCC(C)CCCC(C)CCCC(C)CCCC(C)CCCC(C)CCc1cc(O)c(C)c(C)c1O. The fourth-order valence-electron chi connectivity index (χ4n) is 9.06. The highest BCUT2D eigenvalue weighted by molar-refractivity contribution is 5.51. The molecule has 0 aliphatic carbocycles. The van der Waals surface area contributed by atoms with Gasteiger partial charge in [-0.25, -0.2) is 0 Å². The lowest BCUT2D eigenvalue weighted by Crippen LogP contribution is -2.03. The summed E-state index contributed by atoms with van der Waals surface area (Å²) in [6.45, 7) is 27.9. The molecule has 8 atom stereocenters. The van der Waals surface area contributed by atoms with Crippen molar-refractivity contribution in [3.05, 3.63) is 34.4 Å². The van der Waals surface area contributed by atoms with Crippen LogP contribution in [-0.4, -0.2) is 10.2 Å². The maximum Gasteiger partial charge on any atom is 0.122 e. The van der Waals surface area contributed by atoms with E-state index in [1.807, 2.05) is 13.8 Å². The topological polar surface area (TPSA) is 40.5 Å². The molecule has 0 radical (unpaired) electrons. The Kier molecular flexibility index (Phi) is 28.7. The van der Waals surface area contributed by atoms with E-state index in [1.54, 1.807) is 6.07 Å². The normalized spacial score (nSPS) is 16.3. The molecule has 0 amide bonds. The monoisotopic (exact) mass is 767 g/mol. The first kappa shape index (κ1) is 51.6. The minimum Gasteiger partial charge on any atom is -0.508 e. The van der Waals surface area contributed by atoms with Crippen molar-refractivity contribution in [1.29, 1.82) is 0 Å². The second-order valence-corrected chi connectivity index (χ2v) is 20.4. The van der Waals surface area contributed by atoms with Crippen molar-refractivity contribution in [3.63, 3.8) is 0 Å². The summed E-state index contributed by atoms with van der Waals surface area (Å²) < 4.78 is 0. The summed E-state index contributed by atoms with van der Waals surface area (Å²) in [5.41, 5.74) is 3.95. The van der Waals surface area contributed by atoms with Gasteiger partial charge in [-0.3, -0.25) is 0 Å². The van der Waals surface area contributed by atoms with Gasteiger partial charge in [-0.15, -0.1) is 0 Å². The molecule has 0 aliphatic rings. The molecule has 0 spiro atoms. The molecule has 1 rings (SSSR count). The quantitative estimate of drug-likeness (QED) is 0.0542. The molecule has 322 valence electrons. The number of hydrogen-bond donors (Lipinski definition) is 2. The third kappa shape index (κ3) is 26.2. The van der Waals surface area contributed by atoms with Crippen LogP contribution in [0.15, 0.2) is 17.7 Å². The second-order valence-electron chi connectivity index (χ2n) is 20.4. The van der Waals surface area contributed by atoms with E-state index in [1.165, 1.54) is 153 Å². The molecular formula is C53H98O2. The van der Waals surface area contributed by atoms with E-state index in [2.05, 4.69) is 75.3 Å². The number of aryl methyl sites for hydroxylation is 1. The van der Waals surface area contributed by atoms with Crippen LogP contribution < -0.4 is 0 Å². The van der Waals surface area contributed by atoms with Gasteiger partial charge in [0.2, 0.25) is 0 Å². The van der Waals surface area contributed by atoms with Crippen LogP contribution in [0.25, 0.3) is 0 Å². The van der Waals surface area contributed by atoms with Gasteiger partial charge in [-0.2, -0.15) is 0 Å². The predicted molar refractivity (Wildman–Crippen MR) is 247 cm³/mol. The van der Waals surface area contributed by atoms with E-state index >= 15 is 0 Å². The molecule has 1 aromatic carbocycles. The maximum atomic E-state index is 10.5. The minimum absolute atomic E-state index is 0.306. The Bertz CT molecular complexity index is 1110. The first-order valence-corrected chi connectivity index (χ1v) is 24.2. The van der Waals surface area contributed by atoms with Gasteiger partial charge in [-0.05, 0) is 123 Å². The number of phenols is 2. The van der Waals surface area contributed by atoms with Gasteiger partial charge in [0.15, 0.2) is 0 Å². The van der Waals surface area contributed by atoms with Crippen LogP contribution in [0.1, 0.15) is 240 Å². The maximum absolute atomic E-state index is 10.5. The van der Waals surface area contributed by atoms with Crippen LogP contribution in [0.4, 0.5) is 0 Å². The Morgan fingerprint density at radius 1 is 0.436 bits per heavy atom. The zero-order valence-electron chi connectivity index (χ0n) is 39.3. The Morgan fingerprint density at radius 3 is 1.00 bits per heavy atom. The number of rotatable bonds is 34. The average molecular weight is 767 g/mol. The van der Waals surface area contributed by atoms with Crippen molar-refractivity contribution in [2.75, 3.05) is 0 Å². The van der Waals surface area contributed by atoms with Crippen LogP contribution in [0, 0.1) is 61.2 Å². The lowest BCUT2D eigenvalue weighted by atomic mass is 9.88. The van der Waals surface area contributed by atoms with E-state index in [0.29, 0.717) is 17.4 Å². The third-order valence-corrected chi connectivity index (χ3v) is 13.8. The number of allylic oxidation sites excluding steroid dienone is 2. The van der Waals surface area contributed by atoms with Crippen LogP contribution >= 0.6 is 0 Å². The molecule has 0 heterocycles. The molecular weight excluding hydrogens is 669 g/mol. The molecule has 6 unspecified atom stereocenters. The predicted octanol–water partition coefficient (Wildman–Crippen LogP) is 17.7. The van der Waals surface area contributed by atoms with Gasteiger partial charge in [0.05, 0.1) is 0 Å². The summed E-state index contributed by atoms with van der Waals surface area (Å²) in [5, 5.41) is 20.7. The van der Waals surface area contributed by atoms with E-state index in [-0.39, 0.29) is 0 Å². The highest BCUT2D eigenvalue weighted by atomic mass is 16.3. The molecule has 2 N–H and O–H groups in total. The molecule has 0 bridgehead atoms. The first-order valence-electron chi connectivity index (χ1n) is 24.2. The molecule has 0 saturated carbocycles. The van der Waals surface area contributed by atoms with Gasteiger partial charge in [0.1, 0.15) is 11.5 Å². The lowest BCUT2D eigenvalue weighted by Gasteiger charge is -2.18. The number of aromatic hydroxyl groups is 2. The van der Waals surface area contributed by atoms with E-state index < -0.39 is 0 Å². The Morgan fingerprint density at radius 2 is 0.709 bits per heavy atom. The van der Waals surface area contributed by atoms with E-state index in [0.717, 1.165) is 71.0 Å². The second kappa shape index (κ2) is 30.6. The smallest absolute Gasteiger partial charge is 0.122 e. The number of hydrogen-bond acceptors (Lipinski definition) is 2. The average Bonchev–Trinajstić information content (AvgIpc) is 3.11. The van der Waals surface area contributed by atoms with Crippen molar-refractivity contribution in [2.24, 2.45) is 47.3 Å². The summed E-state index contributed by atoms with van der Waals surface area (Å²) >= 11 is 0. The molecule has 1 aromatic rings. The van der Waals surface area contributed by atoms with E-state index in [4.69, 9.17) is 0 Å². The number of phenolic OH excluding ortho intramolecular Hbond substituents is 2. The molecule has 0 fully saturated rings. The highest BCUT2D eigenvalue weighted by Crippen LogP contribution is 2.34. The van der Waals surface area contributed by atoms with Crippen LogP contribution in [0.3, 0.4) is 0 Å². The van der Waals surface area contributed by atoms with Crippen molar-refractivity contribution in [2.45, 2.75) is 244 Å². The highest BCUT2D eigenvalue weighted by Gasteiger charge is 2.14. The van der Waals surface area contributed by atoms with E-state index in [9.17, 15) is 10.2 Å². The first-order chi connectivity index (χ1) is 26.1. The van der Waals surface area contributed by atoms with Gasteiger partial charge in [0, 0.05) is 0 Å².